The molecule has 0 saturated heterocycles. The molecule has 0 aliphatic heterocycles. The second-order valence-corrected chi connectivity index (χ2v) is 5.54. The highest BCUT2D eigenvalue weighted by Crippen LogP contribution is 2.35. The third kappa shape index (κ3) is 2.41. The maximum Gasteiger partial charge on any atom is 0.211 e. The van der Waals surface area contributed by atoms with E-state index in [1.807, 2.05) is 18.2 Å². The minimum absolute atomic E-state index is 0.481. The highest BCUT2D eigenvalue weighted by atomic mass is 16.1. The number of hydrogen-bond donors (Lipinski definition) is 3. The number of carbonyl (C=O) groups is 1. The Bertz CT molecular complexity index is 599. The van der Waals surface area contributed by atoms with Crippen molar-refractivity contribution in [2.24, 2.45) is 11.7 Å². The van der Waals surface area contributed by atoms with E-state index >= 15 is 0 Å². The fraction of sp³-hybridized carbons (Fsp3) is 0.467. The van der Waals surface area contributed by atoms with E-state index in [0.29, 0.717) is 18.2 Å². The zero-order chi connectivity index (χ0) is 13.9. The van der Waals surface area contributed by atoms with Crippen LogP contribution in [0.3, 0.4) is 0 Å². The average Bonchev–Trinajstić information content (AvgIpc) is 2.93. The van der Waals surface area contributed by atoms with E-state index in [-0.39, 0.29) is 0 Å². The molecule has 1 aliphatic rings. The summed E-state index contributed by atoms with van der Waals surface area (Å²) in [5, 5.41) is 2.70. The molecule has 3 rings (SSSR count). The van der Waals surface area contributed by atoms with Crippen molar-refractivity contribution in [1.29, 1.82) is 0 Å². The van der Waals surface area contributed by atoms with Gasteiger partial charge in [-0.2, -0.15) is 0 Å². The molecule has 1 aliphatic carbocycles. The summed E-state index contributed by atoms with van der Waals surface area (Å²) in [5.74, 6) is 2.19. The van der Waals surface area contributed by atoms with Gasteiger partial charge in [0.1, 0.15) is 11.3 Å². The molecule has 0 spiro atoms. The Morgan fingerprint density at radius 2 is 2.15 bits per heavy atom. The molecule has 2 aromatic rings. The van der Waals surface area contributed by atoms with E-state index < -0.39 is 0 Å². The number of fused-ring (bicyclic) bond motifs is 1. The lowest BCUT2D eigenvalue weighted by molar-refractivity contribution is -0.105. The van der Waals surface area contributed by atoms with Crippen molar-refractivity contribution in [2.45, 2.75) is 31.6 Å². The van der Waals surface area contributed by atoms with Crippen molar-refractivity contribution in [3.05, 3.63) is 24.0 Å². The van der Waals surface area contributed by atoms with Gasteiger partial charge in [0.05, 0.1) is 11.2 Å². The first-order chi connectivity index (χ1) is 9.81. The number of imidazole rings is 1. The molecule has 1 aromatic heterocycles. The Hall–Kier alpha value is -1.88. The predicted molar refractivity (Wildman–Crippen MR) is 79.5 cm³/mol. The van der Waals surface area contributed by atoms with Gasteiger partial charge in [0.2, 0.25) is 6.41 Å². The van der Waals surface area contributed by atoms with Crippen LogP contribution < -0.4 is 11.1 Å². The lowest BCUT2D eigenvalue weighted by atomic mass is 9.82. The number of amides is 1. The van der Waals surface area contributed by atoms with E-state index in [0.717, 1.165) is 41.9 Å². The second-order valence-electron chi connectivity index (χ2n) is 5.54. The van der Waals surface area contributed by atoms with Gasteiger partial charge in [0, 0.05) is 5.92 Å². The minimum Gasteiger partial charge on any atom is -0.342 e. The molecule has 106 valence electrons. The highest BCUT2D eigenvalue weighted by Gasteiger charge is 2.24. The Kier molecular flexibility index (Phi) is 3.69. The van der Waals surface area contributed by atoms with Crippen LogP contribution in [0.25, 0.3) is 11.0 Å². The number of aromatic nitrogens is 2. The fourth-order valence-corrected chi connectivity index (χ4v) is 3.10. The quantitative estimate of drug-likeness (QED) is 0.747. The highest BCUT2D eigenvalue weighted by molar-refractivity contribution is 5.92. The first-order valence-corrected chi connectivity index (χ1v) is 7.20. The molecule has 20 heavy (non-hydrogen) atoms. The van der Waals surface area contributed by atoms with Gasteiger partial charge in [-0.15, -0.1) is 0 Å². The van der Waals surface area contributed by atoms with E-state index in [1.54, 1.807) is 0 Å². The summed E-state index contributed by atoms with van der Waals surface area (Å²) < 4.78 is 0. The largest absolute Gasteiger partial charge is 0.342 e. The third-order valence-corrected chi connectivity index (χ3v) is 4.31. The van der Waals surface area contributed by atoms with Crippen LogP contribution in [0.4, 0.5) is 5.69 Å². The molecule has 5 heteroatoms. The Labute approximate surface area is 118 Å². The van der Waals surface area contributed by atoms with Crippen LogP contribution in [0.2, 0.25) is 0 Å². The number of hydrogen-bond acceptors (Lipinski definition) is 3. The SMILES string of the molecule is NCC1CCC(c2nc3c(NC=O)cccc3[nH]2)CC1. The van der Waals surface area contributed by atoms with Gasteiger partial charge in [-0.3, -0.25) is 4.79 Å². The predicted octanol–water partition coefficient (Wildman–Crippen LogP) is 2.36. The van der Waals surface area contributed by atoms with Crippen LogP contribution in [0.5, 0.6) is 0 Å². The number of benzene rings is 1. The van der Waals surface area contributed by atoms with Crippen molar-refractivity contribution < 1.29 is 4.79 Å². The number of rotatable bonds is 4. The Morgan fingerprint density at radius 1 is 1.35 bits per heavy atom. The lowest BCUT2D eigenvalue weighted by Gasteiger charge is -2.26. The fourth-order valence-electron chi connectivity index (χ4n) is 3.10. The third-order valence-electron chi connectivity index (χ3n) is 4.31. The number of H-pyrrole nitrogens is 1. The maximum absolute atomic E-state index is 10.6. The van der Waals surface area contributed by atoms with Crippen LogP contribution in [0.15, 0.2) is 18.2 Å². The number of nitrogens with two attached hydrogens (primary N) is 1. The van der Waals surface area contributed by atoms with Gasteiger partial charge in [-0.1, -0.05) is 6.07 Å². The van der Waals surface area contributed by atoms with Crippen molar-refractivity contribution in [2.75, 3.05) is 11.9 Å². The van der Waals surface area contributed by atoms with E-state index in [1.165, 1.54) is 12.8 Å². The molecule has 0 bridgehead atoms. The molecule has 4 N–H and O–H groups in total. The minimum atomic E-state index is 0.481. The number of nitrogens with one attached hydrogen (secondary N) is 2. The first-order valence-electron chi connectivity index (χ1n) is 7.20. The molecule has 0 atom stereocenters. The molecule has 1 aromatic carbocycles. The van der Waals surface area contributed by atoms with Crippen molar-refractivity contribution in [1.82, 2.24) is 9.97 Å². The molecule has 1 amide bonds. The number of aromatic amines is 1. The normalized spacial score (nSPS) is 22.9. The van der Waals surface area contributed by atoms with Gasteiger partial charge in [0.25, 0.3) is 0 Å². The summed E-state index contributed by atoms with van der Waals surface area (Å²) in [6, 6.07) is 5.78. The van der Waals surface area contributed by atoms with Crippen molar-refractivity contribution >= 4 is 23.1 Å². The molecule has 0 radical (unpaired) electrons. The van der Waals surface area contributed by atoms with Gasteiger partial charge in [0.15, 0.2) is 0 Å². The monoisotopic (exact) mass is 272 g/mol. The Morgan fingerprint density at radius 3 is 2.85 bits per heavy atom. The van der Waals surface area contributed by atoms with Crippen LogP contribution in [0, 0.1) is 5.92 Å². The molecule has 5 nitrogen and oxygen atoms in total. The molecule has 0 unspecified atom stereocenters. The van der Waals surface area contributed by atoms with E-state index in [4.69, 9.17) is 10.7 Å². The summed E-state index contributed by atoms with van der Waals surface area (Å²) >= 11 is 0. The number of nitrogens with zero attached hydrogens (tertiary/aromatic N) is 1. The summed E-state index contributed by atoms with van der Waals surface area (Å²) in [5.41, 5.74) is 8.32. The van der Waals surface area contributed by atoms with Crippen molar-refractivity contribution in [3.8, 4) is 0 Å². The van der Waals surface area contributed by atoms with Gasteiger partial charge < -0.3 is 16.0 Å². The molecule has 1 saturated carbocycles. The topological polar surface area (TPSA) is 83.8 Å². The first kappa shape index (κ1) is 13.1. The molecule has 1 heterocycles. The Balaban J connectivity index is 1.86. The van der Waals surface area contributed by atoms with Gasteiger partial charge >= 0.3 is 0 Å². The lowest BCUT2D eigenvalue weighted by Crippen LogP contribution is -2.21. The van der Waals surface area contributed by atoms with Crippen LogP contribution >= 0.6 is 0 Å². The summed E-state index contributed by atoms with van der Waals surface area (Å²) in [6.45, 7) is 0.792. The van der Waals surface area contributed by atoms with E-state index in [2.05, 4.69) is 10.3 Å². The van der Waals surface area contributed by atoms with E-state index in [9.17, 15) is 4.79 Å². The maximum atomic E-state index is 10.6. The van der Waals surface area contributed by atoms with Crippen LogP contribution in [-0.2, 0) is 4.79 Å². The van der Waals surface area contributed by atoms with Gasteiger partial charge in [-0.05, 0) is 50.3 Å². The molecule has 1 fully saturated rings. The standard InChI is InChI=1S/C15H20N4O/c16-8-10-4-6-11(7-5-10)15-18-13-3-1-2-12(17-9-20)14(13)19-15/h1-3,9-11H,4-8,16H2,(H,17,20)(H,18,19). The van der Waals surface area contributed by atoms with Crippen molar-refractivity contribution in [3.63, 3.8) is 0 Å². The second kappa shape index (κ2) is 5.63. The van der Waals surface area contributed by atoms with Crippen LogP contribution in [0.1, 0.15) is 37.4 Å². The molecular formula is C15H20N4O. The number of para-hydroxylation sites is 1. The average molecular weight is 272 g/mol. The summed E-state index contributed by atoms with van der Waals surface area (Å²) in [6.07, 6.45) is 5.32. The smallest absolute Gasteiger partial charge is 0.211 e. The zero-order valence-electron chi connectivity index (χ0n) is 11.4. The number of carbonyl (C=O) groups excluding carboxylic acids is 1. The molecular weight excluding hydrogens is 252 g/mol. The van der Waals surface area contributed by atoms with Gasteiger partial charge in [-0.25, -0.2) is 4.98 Å². The summed E-state index contributed by atoms with van der Waals surface area (Å²) in [4.78, 5) is 18.7. The zero-order valence-corrected chi connectivity index (χ0v) is 11.4. The van der Waals surface area contributed by atoms with Crippen LogP contribution in [-0.4, -0.2) is 22.9 Å². The summed E-state index contributed by atoms with van der Waals surface area (Å²) in [7, 11) is 0. The number of anilines is 1.